The fourth-order valence-electron chi connectivity index (χ4n) is 3.34. The van der Waals surface area contributed by atoms with E-state index in [9.17, 15) is 4.79 Å². The smallest absolute Gasteiger partial charge is 0.226 e. The van der Waals surface area contributed by atoms with E-state index < -0.39 is 0 Å². The minimum Gasteiger partial charge on any atom is -0.336 e. The molecule has 82 valence electrons. The molecule has 0 aromatic heterocycles. The molecule has 2 aliphatic heterocycles. The molecule has 15 heavy (non-hydrogen) atoms. The Hall–Kier alpha value is -0.790. The summed E-state index contributed by atoms with van der Waals surface area (Å²) in [5.41, 5.74) is 1.36. The maximum Gasteiger partial charge on any atom is 0.226 e. The molecule has 0 spiro atoms. The second kappa shape index (κ2) is 3.36. The number of piperidine rings is 1. The van der Waals surface area contributed by atoms with Crippen molar-refractivity contribution in [1.29, 1.82) is 0 Å². The van der Waals surface area contributed by atoms with Gasteiger partial charge in [0.2, 0.25) is 5.91 Å². The van der Waals surface area contributed by atoms with Gasteiger partial charge in [0, 0.05) is 18.0 Å². The van der Waals surface area contributed by atoms with Gasteiger partial charge in [-0.2, -0.15) is 0 Å². The van der Waals surface area contributed by atoms with E-state index in [0.29, 0.717) is 23.9 Å². The van der Waals surface area contributed by atoms with Crippen LogP contribution in [0.15, 0.2) is 12.2 Å². The van der Waals surface area contributed by atoms with Crippen LogP contribution in [0.5, 0.6) is 0 Å². The Morgan fingerprint density at radius 3 is 2.20 bits per heavy atom. The molecule has 1 amide bonds. The fraction of sp³-hybridized carbons (Fsp3) is 0.769. The lowest BCUT2D eigenvalue weighted by Crippen LogP contribution is -2.48. The van der Waals surface area contributed by atoms with Crippen LogP contribution >= 0.6 is 0 Å². The second-order valence-electron chi connectivity index (χ2n) is 5.42. The van der Waals surface area contributed by atoms with Crippen molar-refractivity contribution in [3.05, 3.63) is 12.2 Å². The molecule has 2 bridgehead atoms. The number of carbonyl (C=O) groups is 1. The Morgan fingerprint density at radius 1 is 1.13 bits per heavy atom. The Bertz CT molecular complexity index is 290. The van der Waals surface area contributed by atoms with Gasteiger partial charge in [-0.05, 0) is 38.5 Å². The number of nitrogens with zero attached hydrogens (tertiary/aromatic N) is 1. The van der Waals surface area contributed by atoms with Gasteiger partial charge in [-0.15, -0.1) is 0 Å². The molecule has 0 aromatic carbocycles. The van der Waals surface area contributed by atoms with Crippen LogP contribution in [0.2, 0.25) is 0 Å². The molecule has 2 nitrogen and oxygen atoms in total. The molecule has 0 radical (unpaired) electrons. The molecule has 2 heteroatoms. The van der Waals surface area contributed by atoms with Crippen molar-refractivity contribution in [2.45, 2.75) is 57.0 Å². The van der Waals surface area contributed by atoms with E-state index in [1.54, 1.807) is 0 Å². The van der Waals surface area contributed by atoms with Crippen molar-refractivity contribution >= 4 is 5.91 Å². The number of hydrogen-bond donors (Lipinski definition) is 0. The topological polar surface area (TPSA) is 20.3 Å². The van der Waals surface area contributed by atoms with E-state index >= 15 is 0 Å². The van der Waals surface area contributed by atoms with Crippen LogP contribution in [0.4, 0.5) is 0 Å². The van der Waals surface area contributed by atoms with Crippen molar-refractivity contribution in [3.63, 3.8) is 0 Å². The minimum absolute atomic E-state index is 0.375. The summed E-state index contributed by atoms with van der Waals surface area (Å²) in [7, 11) is 0. The van der Waals surface area contributed by atoms with Crippen molar-refractivity contribution in [2.24, 2.45) is 5.92 Å². The first kappa shape index (κ1) is 9.44. The summed E-state index contributed by atoms with van der Waals surface area (Å²) in [5, 5.41) is 0. The van der Waals surface area contributed by atoms with Crippen LogP contribution < -0.4 is 0 Å². The van der Waals surface area contributed by atoms with Crippen LogP contribution in [0.3, 0.4) is 0 Å². The predicted molar refractivity (Wildman–Crippen MR) is 59.4 cm³/mol. The summed E-state index contributed by atoms with van der Waals surface area (Å²) >= 11 is 0. The molecular weight excluding hydrogens is 186 g/mol. The van der Waals surface area contributed by atoms with Crippen molar-refractivity contribution in [3.8, 4) is 0 Å². The molecule has 1 saturated carbocycles. The third-order valence-electron chi connectivity index (χ3n) is 4.38. The lowest BCUT2D eigenvalue weighted by atomic mass is 9.83. The van der Waals surface area contributed by atoms with E-state index in [4.69, 9.17) is 0 Å². The van der Waals surface area contributed by atoms with E-state index in [2.05, 4.69) is 11.5 Å². The highest BCUT2D eigenvalue weighted by Gasteiger charge is 2.43. The molecule has 2 atom stereocenters. The van der Waals surface area contributed by atoms with Gasteiger partial charge >= 0.3 is 0 Å². The van der Waals surface area contributed by atoms with Crippen molar-refractivity contribution < 1.29 is 4.79 Å². The van der Waals surface area contributed by atoms with Crippen molar-refractivity contribution in [2.75, 3.05) is 0 Å². The highest BCUT2D eigenvalue weighted by atomic mass is 16.2. The second-order valence-corrected chi connectivity index (χ2v) is 5.42. The Kier molecular flexibility index (Phi) is 2.11. The van der Waals surface area contributed by atoms with Gasteiger partial charge in [0.25, 0.3) is 0 Å². The Labute approximate surface area is 91.3 Å². The van der Waals surface area contributed by atoms with Gasteiger partial charge in [-0.25, -0.2) is 0 Å². The maximum absolute atomic E-state index is 12.2. The van der Waals surface area contributed by atoms with Crippen molar-refractivity contribution in [1.82, 2.24) is 4.90 Å². The Morgan fingerprint density at radius 2 is 1.73 bits per heavy atom. The van der Waals surface area contributed by atoms with Gasteiger partial charge in [-0.1, -0.05) is 18.6 Å². The number of hydrogen-bond acceptors (Lipinski definition) is 1. The van der Waals surface area contributed by atoms with E-state index in [0.717, 1.165) is 25.7 Å². The van der Waals surface area contributed by atoms with Crippen LogP contribution in [0.25, 0.3) is 0 Å². The summed E-state index contributed by atoms with van der Waals surface area (Å²) in [6.45, 7) is 4.09. The molecule has 1 aliphatic carbocycles. The first-order valence-corrected chi connectivity index (χ1v) is 6.24. The van der Waals surface area contributed by atoms with Crippen LogP contribution in [-0.4, -0.2) is 22.9 Å². The fourth-order valence-corrected chi connectivity index (χ4v) is 3.34. The van der Waals surface area contributed by atoms with Crippen LogP contribution in [-0.2, 0) is 4.79 Å². The summed E-state index contributed by atoms with van der Waals surface area (Å²) in [5.74, 6) is 0.834. The molecule has 2 heterocycles. The third kappa shape index (κ3) is 1.42. The molecule has 3 rings (SSSR count). The number of amides is 1. The minimum atomic E-state index is 0.375. The summed E-state index contributed by atoms with van der Waals surface area (Å²) in [6, 6.07) is 1.01. The first-order chi connectivity index (χ1) is 7.25. The van der Waals surface area contributed by atoms with E-state index in [1.807, 2.05) is 0 Å². The lowest BCUT2D eigenvalue weighted by Gasteiger charge is -2.40. The normalized spacial score (nSPS) is 35.5. The number of rotatable bonds is 1. The van der Waals surface area contributed by atoms with E-state index in [1.165, 1.54) is 24.8 Å². The molecule has 2 saturated heterocycles. The molecule has 3 fully saturated rings. The zero-order valence-electron chi connectivity index (χ0n) is 9.24. The SMILES string of the molecule is C=C1CC2CCC(C1)N2C(=O)C1CCC1. The lowest BCUT2D eigenvalue weighted by molar-refractivity contribution is -0.141. The van der Waals surface area contributed by atoms with E-state index in [-0.39, 0.29) is 0 Å². The largest absolute Gasteiger partial charge is 0.336 e. The zero-order chi connectivity index (χ0) is 10.4. The standard InChI is InChI=1S/C13H19NO/c1-9-7-11-5-6-12(8-9)14(11)13(15)10-3-2-4-10/h10-12H,1-8H2. The molecule has 0 N–H and O–H groups in total. The average molecular weight is 205 g/mol. The van der Waals surface area contributed by atoms with Gasteiger partial charge in [0.05, 0.1) is 0 Å². The number of fused-ring (bicyclic) bond motifs is 2. The first-order valence-electron chi connectivity index (χ1n) is 6.24. The quantitative estimate of drug-likeness (QED) is 0.602. The molecule has 2 unspecified atom stereocenters. The highest BCUT2D eigenvalue weighted by Crippen LogP contribution is 2.40. The predicted octanol–water partition coefficient (Wildman–Crippen LogP) is 2.50. The Balaban J connectivity index is 1.76. The maximum atomic E-state index is 12.2. The summed E-state index contributed by atoms with van der Waals surface area (Å²) in [6.07, 6.45) is 8.08. The summed E-state index contributed by atoms with van der Waals surface area (Å²) < 4.78 is 0. The van der Waals surface area contributed by atoms with Gasteiger partial charge in [-0.3, -0.25) is 4.79 Å². The summed E-state index contributed by atoms with van der Waals surface area (Å²) in [4.78, 5) is 14.5. The average Bonchev–Trinajstić information content (AvgIpc) is 2.36. The molecule has 0 aromatic rings. The number of carbonyl (C=O) groups excluding carboxylic acids is 1. The zero-order valence-corrected chi connectivity index (χ0v) is 9.24. The monoisotopic (exact) mass is 205 g/mol. The third-order valence-corrected chi connectivity index (χ3v) is 4.38. The van der Waals surface area contributed by atoms with Gasteiger partial charge in [0.1, 0.15) is 0 Å². The van der Waals surface area contributed by atoms with Gasteiger partial charge in [0.15, 0.2) is 0 Å². The van der Waals surface area contributed by atoms with Gasteiger partial charge < -0.3 is 4.90 Å². The molecule has 3 aliphatic rings. The highest BCUT2D eigenvalue weighted by molar-refractivity contribution is 5.80. The molecular formula is C13H19NO. The van der Waals surface area contributed by atoms with Crippen LogP contribution in [0.1, 0.15) is 44.9 Å². The van der Waals surface area contributed by atoms with Crippen LogP contribution in [0, 0.1) is 5.92 Å².